The monoisotopic (exact) mass is 548 g/mol. The number of hydrogen-bond donors (Lipinski definition) is 2. The second-order valence-corrected chi connectivity index (χ2v) is 11.2. The number of carboxylic acid groups (broad SMARTS) is 1. The molecule has 4 atom stereocenters. The Morgan fingerprint density at radius 2 is 1.68 bits per heavy atom. The summed E-state index contributed by atoms with van der Waals surface area (Å²) in [6, 6.07) is 9.05. The molecule has 3 aliphatic rings. The van der Waals surface area contributed by atoms with Crippen molar-refractivity contribution < 1.29 is 33.8 Å². The van der Waals surface area contributed by atoms with Crippen LogP contribution in [-0.2, 0) is 14.4 Å². The molecule has 2 aromatic carbocycles. The second kappa shape index (κ2) is 10.7. The molecule has 2 aliphatic heterocycles. The molecule has 0 aromatic heterocycles. The zero-order valence-electron chi connectivity index (χ0n) is 23.4. The zero-order chi connectivity index (χ0) is 28.8. The van der Waals surface area contributed by atoms with E-state index in [1.807, 2.05) is 6.92 Å². The number of nitrogens with zero attached hydrogens (tertiary/aromatic N) is 1. The number of carbonyl (C=O) groups excluding carboxylic acids is 3. The third kappa shape index (κ3) is 4.36. The Labute approximate surface area is 233 Å². The van der Waals surface area contributed by atoms with E-state index in [2.05, 4.69) is 5.32 Å². The Bertz CT molecular complexity index is 1350. The molecule has 40 heavy (non-hydrogen) atoms. The van der Waals surface area contributed by atoms with Gasteiger partial charge in [0.15, 0.2) is 5.78 Å². The number of nitrogens with one attached hydrogen (secondary N) is 1. The van der Waals surface area contributed by atoms with Crippen LogP contribution in [0.25, 0.3) is 0 Å². The molecule has 2 heterocycles. The second-order valence-electron chi connectivity index (χ2n) is 11.2. The van der Waals surface area contributed by atoms with Crippen molar-refractivity contribution in [1.82, 2.24) is 5.32 Å². The number of anilines is 1. The maximum Gasteiger partial charge on any atom is 0.324 e. The fourth-order valence-corrected chi connectivity index (χ4v) is 7.12. The number of aliphatic carboxylic acids is 1. The Morgan fingerprint density at radius 3 is 2.25 bits per heavy atom. The van der Waals surface area contributed by atoms with Gasteiger partial charge in [-0.25, -0.2) is 4.90 Å². The molecule has 212 valence electrons. The highest BCUT2D eigenvalue weighted by Crippen LogP contribution is 2.54. The van der Waals surface area contributed by atoms with Gasteiger partial charge in [-0.2, -0.15) is 0 Å². The molecule has 3 fully saturated rings. The summed E-state index contributed by atoms with van der Waals surface area (Å²) in [4.78, 5) is 54.4. The van der Waals surface area contributed by atoms with Crippen molar-refractivity contribution in [2.45, 2.75) is 64.0 Å². The van der Waals surface area contributed by atoms with E-state index in [0.29, 0.717) is 28.3 Å². The average Bonchev–Trinajstić information content (AvgIpc) is 3.42. The minimum absolute atomic E-state index is 0.128. The van der Waals surface area contributed by atoms with Crippen molar-refractivity contribution in [3.8, 4) is 11.5 Å². The summed E-state index contributed by atoms with van der Waals surface area (Å²) < 4.78 is 11.2. The van der Waals surface area contributed by atoms with E-state index in [9.17, 15) is 24.3 Å². The molecule has 9 nitrogen and oxygen atoms in total. The Hall–Kier alpha value is -3.72. The van der Waals surface area contributed by atoms with Gasteiger partial charge in [-0.05, 0) is 56.5 Å². The summed E-state index contributed by atoms with van der Waals surface area (Å²) in [5.41, 5.74) is 0.477. The number of ketones is 1. The van der Waals surface area contributed by atoms with Crippen LogP contribution >= 0.6 is 0 Å². The maximum atomic E-state index is 14.2. The van der Waals surface area contributed by atoms with Crippen LogP contribution in [-0.4, -0.2) is 48.4 Å². The van der Waals surface area contributed by atoms with Gasteiger partial charge >= 0.3 is 5.97 Å². The average molecular weight is 549 g/mol. The summed E-state index contributed by atoms with van der Waals surface area (Å²) in [6.07, 6.45) is 5.19. The minimum Gasteiger partial charge on any atom is -0.496 e. The molecule has 0 spiro atoms. The molecule has 2 amide bonds. The lowest BCUT2D eigenvalue weighted by Crippen LogP contribution is -2.57. The summed E-state index contributed by atoms with van der Waals surface area (Å²) in [5.74, 6) is -3.12. The molecule has 9 heteroatoms. The minimum atomic E-state index is -1.63. The van der Waals surface area contributed by atoms with Crippen LogP contribution in [0.2, 0.25) is 0 Å². The first kappa shape index (κ1) is 27.8. The third-order valence-electron chi connectivity index (χ3n) is 9.05. The molecule has 4 unspecified atom stereocenters. The van der Waals surface area contributed by atoms with Gasteiger partial charge < -0.3 is 14.6 Å². The third-order valence-corrected chi connectivity index (χ3v) is 9.05. The smallest absolute Gasteiger partial charge is 0.324 e. The van der Waals surface area contributed by atoms with Crippen molar-refractivity contribution in [3.63, 3.8) is 0 Å². The standard InChI is InChI=1S/C31H36N2O7/c1-17-23(39-3)15-14-22(27(17)40-4)26-24-25(31(32-26,30(37)38)16-19-8-6-5-7-9-19)29(36)33(28(24)35)21-12-10-20(11-13-21)18(2)34/h10-15,19,24-26,32H,5-9,16H2,1-4H3,(H,37,38). The number of hydrogen-bond acceptors (Lipinski definition) is 7. The predicted octanol–water partition coefficient (Wildman–Crippen LogP) is 4.46. The van der Waals surface area contributed by atoms with Crippen LogP contribution in [0.4, 0.5) is 5.69 Å². The maximum absolute atomic E-state index is 14.2. The molecule has 2 N–H and O–H groups in total. The van der Waals surface area contributed by atoms with Gasteiger partial charge in [-0.3, -0.25) is 24.5 Å². The van der Waals surface area contributed by atoms with Crippen LogP contribution in [0.3, 0.4) is 0 Å². The number of rotatable bonds is 8. The van der Waals surface area contributed by atoms with Crippen molar-refractivity contribution in [2.24, 2.45) is 17.8 Å². The lowest BCUT2D eigenvalue weighted by Gasteiger charge is -2.35. The van der Waals surface area contributed by atoms with Crippen molar-refractivity contribution in [2.75, 3.05) is 19.1 Å². The topological polar surface area (TPSA) is 122 Å². The first-order valence-corrected chi connectivity index (χ1v) is 13.9. The quantitative estimate of drug-likeness (QED) is 0.366. The molecule has 1 aliphatic carbocycles. The van der Waals surface area contributed by atoms with Crippen molar-refractivity contribution >= 4 is 29.3 Å². The van der Waals surface area contributed by atoms with Gasteiger partial charge in [-0.15, -0.1) is 0 Å². The number of imide groups is 1. The fraction of sp³-hybridized carbons (Fsp3) is 0.484. The number of fused-ring (bicyclic) bond motifs is 1. The number of methoxy groups -OCH3 is 2. The molecular weight excluding hydrogens is 512 g/mol. The largest absolute Gasteiger partial charge is 0.496 e. The predicted molar refractivity (Wildman–Crippen MR) is 148 cm³/mol. The molecule has 2 aromatic rings. The molecule has 0 bridgehead atoms. The number of amides is 2. The van der Waals surface area contributed by atoms with E-state index in [1.165, 1.54) is 14.0 Å². The van der Waals surface area contributed by atoms with Gasteiger partial charge in [0.2, 0.25) is 11.8 Å². The zero-order valence-corrected chi connectivity index (χ0v) is 23.4. The number of benzene rings is 2. The van der Waals surface area contributed by atoms with Gasteiger partial charge in [0.1, 0.15) is 17.0 Å². The lowest BCUT2D eigenvalue weighted by atomic mass is 9.72. The SMILES string of the molecule is COc1ccc(C2NC(CC3CCCCC3)(C(=O)O)C3C(=O)N(c4ccc(C(C)=O)cc4)C(=O)C23)c(OC)c1C. The highest BCUT2D eigenvalue weighted by Gasteiger charge is 2.69. The summed E-state index contributed by atoms with van der Waals surface area (Å²) >= 11 is 0. The molecule has 0 radical (unpaired) electrons. The van der Waals surface area contributed by atoms with E-state index < -0.39 is 41.2 Å². The molecule has 5 rings (SSSR count). The number of Topliss-reactive ketones (excluding diaryl/α,β-unsaturated/α-hetero) is 1. The first-order valence-electron chi connectivity index (χ1n) is 13.9. The van der Waals surface area contributed by atoms with Crippen LogP contribution in [0.1, 0.15) is 73.0 Å². The van der Waals surface area contributed by atoms with E-state index in [-0.39, 0.29) is 18.1 Å². The number of carboxylic acids is 1. The normalized spacial score (nSPS) is 26.6. The van der Waals surface area contributed by atoms with Gasteiger partial charge in [-0.1, -0.05) is 38.2 Å². The fourth-order valence-electron chi connectivity index (χ4n) is 7.12. The first-order chi connectivity index (χ1) is 19.1. The van der Waals surface area contributed by atoms with E-state index in [4.69, 9.17) is 9.47 Å². The molecule has 1 saturated carbocycles. The number of carbonyl (C=O) groups is 4. The highest BCUT2D eigenvalue weighted by molar-refractivity contribution is 6.24. The van der Waals surface area contributed by atoms with Gasteiger partial charge in [0, 0.05) is 22.7 Å². The lowest BCUT2D eigenvalue weighted by molar-refractivity contribution is -0.150. The van der Waals surface area contributed by atoms with Crippen molar-refractivity contribution in [3.05, 3.63) is 53.1 Å². The van der Waals surface area contributed by atoms with E-state index in [1.54, 1.807) is 43.5 Å². The Morgan fingerprint density at radius 1 is 1.00 bits per heavy atom. The van der Waals surface area contributed by atoms with E-state index >= 15 is 0 Å². The molecular formula is C31H36N2O7. The van der Waals surface area contributed by atoms with Crippen LogP contribution in [0.5, 0.6) is 11.5 Å². The van der Waals surface area contributed by atoms with E-state index in [0.717, 1.165) is 42.6 Å². The van der Waals surface area contributed by atoms with Crippen LogP contribution in [0, 0.1) is 24.7 Å². The molecule has 2 saturated heterocycles. The van der Waals surface area contributed by atoms with Crippen molar-refractivity contribution in [1.29, 1.82) is 0 Å². The van der Waals surface area contributed by atoms with Gasteiger partial charge in [0.25, 0.3) is 0 Å². The van der Waals surface area contributed by atoms with Crippen LogP contribution in [0.15, 0.2) is 36.4 Å². The van der Waals surface area contributed by atoms with Gasteiger partial charge in [0.05, 0.1) is 31.7 Å². The number of ether oxygens (including phenoxy) is 2. The van der Waals surface area contributed by atoms with Crippen LogP contribution < -0.4 is 19.7 Å². The Balaban J connectivity index is 1.65. The summed E-state index contributed by atoms with van der Waals surface area (Å²) in [7, 11) is 3.08. The summed E-state index contributed by atoms with van der Waals surface area (Å²) in [5, 5.41) is 14.1. The summed E-state index contributed by atoms with van der Waals surface area (Å²) in [6.45, 7) is 3.28. The highest BCUT2D eigenvalue weighted by atomic mass is 16.5. The Kier molecular flexibility index (Phi) is 7.44.